The molecule has 0 unspecified atom stereocenters. The molecule has 0 aliphatic rings. The molecule has 0 saturated heterocycles. The van der Waals surface area contributed by atoms with Crippen LogP contribution in [-0.4, -0.2) is 14.3 Å². The highest BCUT2D eigenvalue weighted by atomic mass is 32.2. The van der Waals surface area contributed by atoms with Crippen LogP contribution in [0.25, 0.3) is 0 Å². The second kappa shape index (κ2) is 8.85. The topological polar surface area (TPSA) is 77.2 Å². The number of primary amides is 1. The predicted molar refractivity (Wildman–Crippen MR) is 110 cm³/mol. The number of carbonyl (C=O) groups excluding carboxylic acids is 1. The normalized spacial score (nSPS) is 11.5. The molecule has 0 saturated carbocycles. The molecule has 0 fully saturated rings. The molecule has 2 N–H and O–H groups in total. The summed E-state index contributed by atoms with van der Waals surface area (Å²) in [5.74, 6) is 3.31. The van der Waals surface area contributed by atoms with E-state index in [1.807, 2.05) is 0 Å². The molecule has 0 aromatic heterocycles. The number of nitrogens with two attached hydrogens (primary N) is 1. The Hall–Kier alpha value is -3.64. The maximum atomic E-state index is 13.1. The molecule has 0 aliphatic heterocycles. The van der Waals surface area contributed by atoms with Crippen LogP contribution >= 0.6 is 0 Å². The fourth-order valence-corrected chi connectivity index (χ4v) is 4.35. The molecule has 0 spiro atoms. The van der Waals surface area contributed by atoms with Crippen LogP contribution in [0.4, 0.5) is 17.6 Å². The first kappa shape index (κ1) is 23.0. The number of carbonyl (C=O) groups is 1. The van der Waals surface area contributed by atoms with Gasteiger partial charge in [0.15, 0.2) is 9.84 Å². The van der Waals surface area contributed by atoms with Gasteiger partial charge in [-0.2, -0.15) is 13.2 Å². The van der Waals surface area contributed by atoms with E-state index in [-0.39, 0.29) is 21.6 Å². The van der Waals surface area contributed by atoms with Gasteiger partial charge in [-0.05, 0) is 54.1 Å². The largest absolute Gasteiger partial charge is 0.416 e. The van der Waals surface area contributed by atoms with Crippen molar-refractivity contribution in [3.8, 4) is 11.8 Å². The van der Waals surface area contributed by atoms with Crippen LogP contribution < -0.4 is 5.73 Å². The molecule has 0 radical (unpaired) electrons. The van der Waals surface area contributed by atoms with Gasteiger partial charge in [0, 0.05) is 16.7 Å². The molecule has 9 heteroatoms. The number of hydrogen-bond donors (Lipinski definition) is 1. The van der Waals surface area contributed by atoms with Crippen LogP contribution in [0.15, 0.2) is 71.6 Å². The summed E-state index contributed by atoms with van der Waals surface area (Å²) in [6.07, 6.45) is -4.62. The lowest BCUT2D eigenvalue weighted by atomic mass is 10.1. The van der Waals surface area contributed by atoms with Gasteiger partial charge < -0.3 is 5.73 Å². The maximum Gasteiger partial charge on any atom is 0.416 e. The molecule has 0 heterocycles. The van der Waals surface area contributed by atoms with E-state index in [2.05, 4.69) is 11.8 Å². The van der Waals surface area contributed by atoms with Crippen molar-refractivity contribution in [2.45, 2.75) is 16.8 Å². The molecular weight excluding hydrogens is 446 g/mol. The van der Waals surface area contributed by atoms with Crippen molar-refractivity contribution in [3.05, 3.63) is 100 Å². The summed E-state index contributed by atoms with van der Waals surface area (Å²) in [6, 6.07) is 12.7. The highest BCUT2D eigenvalue weighted by Crippen LogP contribution is 2.30. The fourth-order valence-electron chi connectivity index (χ4n) is 2.86. The second-order valence-corrected chi connectivity index (χ2v) is 8.75. The predicted octanol–water partition coefficient (Wildman–Crippen LogP) is 4.32. The number of benzene rings is 3. The minimum Gasteiger partial charge on any atom is -0.366 e. The average Bonchev–Trinajstić information content (AvgIpc) is 2.72. The van der Waals surface area contributed by atoms with E-state index in [1.165, 1.54) is 42.5 Å². The van der Waals surface area contributed by atoms with Gasteiger partial charge in [0.2, 0.25) is 5.91 Å². The first-order valence-corrected chi connectivity index (χ1v) is 10.7. The average molecular weight is 461 g/mol. The Bertz CT molecular complexity index is 1340. The molecule has 0 atom stereocenters. The number of hydrogen-bond acceptors (Lipinski definition) is 3. The quantitative estimate of drug-likeness (QED) is 0.465. The summed E-state index contributed by atoms with van der Waals surface area (Å²) in [5, 5.41) is 0. The molecule has 1 amide bonds. The summed E-state index contributed by atoms with van der Waals surface area (Å²) < 4.78 is 78.0. The molecule has 3 aromatic carbocycles. The van der Waals surface area contributed by atoms with Crippen molar-refractivity contribution < 1.29 is 30.8 Å². The summed E-state index contributed by atoms with van der Waals surface area (Å²) in [7, 11) is -4.14. The molecule has 4 nitrogen and oxygen atoms in total. The Labute approximate surface area is 181 Å². The SMILES string of the molecule is NC(=O)c1ccc(S(=O)(=O)Cc2cccc(C(F)(F)F)c2)c(C#Cc2ccc(F)cc2)c1. The van der Waals surface area contributed by atoms with E-state index in [0.29, 0.717) is 5.56 Å². The van der Waals surface area contributed by atoms with Crippen LogP contribution in [0.1, 0.15) is 32.6 Å². The van der Waals surface area contributed by atoms with E-state index >= 15 is 0 Å². The van der Waals surface area contributed by atoms with Gasteiger partial charge in [-0.15, -0.1) is 0 Å². The summed E-state index contributed by atoms with van der Waals surface area (Å²) >= 11 is 0. The van der Waals surface area contributed by atoms with Crippen LogP contribution in [0, 0.1) is 17.7 Å². The van der Waals surface area contributed by atoms with Crippen molar-refractivity contribution in [2.75, 3.05) is 0 Å². The van der Waals surface area contributed by atoms with Gasteiger partial charge >= 0.3 is 6.18 Å². The van der Waals surface area contributed by atoms with Crippen LogP contribution in [-0.2, 0) is 21.8 Å². The van der Waals surface area contributed by atoms with E-state index in [0.717, 1.165) is 24.3 Å². The summed E-state index contributed by atoms with van der Waals surface area (Å²) in [4.78, 5) is 11.3. The summed E-state index contributed by atoms with van der Waals surface area (Å²) in [6.45, 7) is 0. The zero-order valence-electron chi connectivity index (χ0n) is 16.3. The van der Waals surface area contributed by atoms with E-state index in [4.69, 9.17) is 5.73 Å². The van der Waals surface area contributed by atoms with Crippen molar-refractivity contribution in [1.82, 2.24) is 0 Å². The third-order valence-electron chi connectivity index (χ3n) is 4.40. The third kappa shape index (κ3) is 5.53. The molecule has 0 aliphatic carbocycles. The van der Waals surface area contributed by atoms with Crippen LogP contribution in [0.5, 0.6) is 0 Å². The lowest BCUT2D eigenvalue weighted by Crippen LogP contribution is -2.13. The molecule has 164 valence electrons. The zero-order valence-corrected chi connectivity index (χ0v) is 17.1. The van der Waals surface area contributed by atoms with Gasteiger partial charge in [-0.25, -0.2) is 12.8 Å². The molecular formula is C23H15F4NO3S. The van der Waals surface area contributed by atoms with Crippen LogP contribution in [0.3, 0.4) is 0 Å². The monoisotopic (exact) mass is 461 g/mol. The van der Waals surface area contributed by atoms with Crippen LogP contribution in [0.2, 0.25) is 0 Å². The van der Waals surface area contributed by atoms with Gasteiger partial charge in [0.25, 0.3) is 0 Å². The number of halogens is 4. The Kier molecular flexibility index (Phi) is 6.37. The van der Waals surface area contributed by atoms with Crippen molar-refractivity contribution in [1.29, 1.82) is 0 Å². The van der Waals surface area contributed by atoms with E-state index in [1.54, 1.807) is 0 Å². The lowest BCUT2D eigenvalue weighted by Gasteiger charge is -2.11. The first-order valence-electron chi connectivity index (χ1n) is 9.06. The Balaban J connectivity index is 2.04. The number of rotatable bonds is 4. The Morgan fingerprint density at radius 3 is 2.25 bits per heavy atom. The van der Waals surface area contributed by atoms with Crippen molar-refractivity contribution in [2.24, 2.45) is 5.73 Å². The van der Waals surface area contributed by atoms with E-state index in [9.17, 15) is 30.8 Å². The van der Waals surface area contributed by atoms with Gasteiger partial charge in [0.05, 0.1) is 16.2 Å². The smallest absolute Gasteiger partial charge is 0.366 e. The highest BCUT2D eigenvalue weighted by molar-refractivity contribution is 7.90. The van der Waals surface area contributed by atoms with Gasteiger partial charge in [0.1, 0.15) is 5.82 Å². The minimum absolute atomic E-state index is 0.00595. The Morgan fingerprint density at radius 2 is 1.62 bits per heavy atom. The van der Waals surface area contributed by atoms with E-state index < -0.39 is 39.1 Å². The molecule has 0 bridgehead atoms. The number of amides is 1. The van der Waals surface area contributed by atoms with Gasteiger partial charge in [-0.1, -0.05) is 30.0 Å². The first-order chi connectivity index (χ1) is 15.0. The lowest BCUT2D eigenvalue weighted by molar-refractivity contribution is -0.137. The zero-order chi connectivity index (χ0) is 23.5. The number of alkyl halides is 3. The molecule has 32 heavy (non-hydrogen) atoms. The van der Waals surface area contributed by atoms with Crippen molar-refractivity contribution >= 4 is 15.7 Å². The fraction of sp³-hybridized carbons (Fsp3) is 0.0870. The molecule has 3 rings (SSSR count). The van der Waals surface area contributed by atoms with Gasteiger partial charge in [-0.3, -0.25) is 4.79 Å². The third-order valence-corrected chi connectivity index (χ3v) is 6.14. The standard InChI is InChI=1S/C23H15F4NO3S/c24-20-9-5-15(6-10-20)4-7-17-13-18(22(28)29)8-11-21(17)32(30,31)14-16-2-1-3-19(12-16)23(25,26)27/h1-3,5-6,8-13H,14H2,(H2,28,29). The maximum absolute atomic E-state index is 13.1. The molecule has 3 aromatic rings. The number of sulfone groups is 1. The minimum atomic E-state index is -4.62. The Morgan fingerprint density at radius 1 is 0.938 bits per heavy atom. The second-order valence-electron chi connectivity index (χ2n) is 6.79. The summed E-state index contributed by atoms with van der Waals surface area (Å²) in [5.41, 5.74) is 4.57. The highest BCUT2D eigenvalue weighted by Gasteiger charge is 2.31. The van der Waals surface area contributed by atoms with Crippen molar-refractivity contribution in [3.63, 3.8) is 0 Å².